The Bertz CT molecular complexity index is 721. The number of nitrogens with one attached hydrogen (secondary N) is 1. The molecule has 2 bridgehead atoms. The van der Waals surface area contributed by atoms with Crippen LogP contribution in [0, 0.1) is 11.7 Å². The first-order valence-electron chi connectivity index (χ1n) is 7.73. The Labute approximate surface area is 133 Å². The number of hydrogen-bond acceptors (Lipinski definition) is 4. The van der Waals surface area contributed by atoms with Gasteiger partial charge in [-0.05, 0) is 51.8 Å². The lowest BCUT2D eigenvalue weighted by Crippen LogP contribution is -2.66. The van der Waals surface area contributed by atoms with Gasteiger partial charge in [-0.3, -0.25) is 4.90 Å². The number of anilines is 1. The van der Waals surface area contributed by atoms with Crippen molar-refractivity contribution in [2.45, 2.75) is 38.3 Å². The van der Waals surface area contributed by atoms with Crippen molar-refractivity contribution in [2.24, 2.45) is 5.92 Å². The van der Waals surface area contributed by atoms with E-state index in [4.69, 9.17) is 16.1 Å². The van der Waals surface area contributed by atoms with Crippen LogP contribution in [0.3, 0.4) is 0 Å². The van der Waals surface area contributed by atoms with Gasteiger partial charge in [-0.2, -0.15) is 0 Å². The third-order valence-electron chi connectivity index (χ3n) is 5.39. The summed E-state index contributed by atoms with van der Waals surface area (Å²) in [7, 11) is 0. The average Bonchev–Trinajstić information content (AvgIpc) is 2.86. The maximum Gasteiger partial charge on any atom is 0.177 e. The predicted molar refractivity (Wildman–Crippen MR) is 84.8 cm³/mol. The van der Waals surface area contributed by atoms with Crippen LogP contribution >= 0.6 is 11.6 Å². The minimum Gasteiger partial charge on any atom is -0.362 e. The van der Waals surface area contributed by atoms with E-state index in [0.717, 1.165) is 13.1 Å². The summed E-state index contributed by atoms with van der Waals surface area (Å²) in [6, 6.07) is 3.15. The number of hydrogen-bond donors (Lipinski definition) is 1. The molecule has 0 aliphatic carbocycles. The summed E-state index contributed by atoms with van der Waals surface area (Å²) in [6.07, 6.45) is 2.38. The first-order valence-corrected chi connectivity index (χ1v) is 8.10. The largest absolute Gasteiger partial charge is 0.362 e. The molecule has 1 aromatic carbocycles. The molecule has 4 nitrogen and oxygen atoms in total. The normalized spacial score (nSPS) is 29.9. The number of halogens is 2. The highest BCUT2D eigenvalue weighted by molar-refractivity contribution is 6.31. The van der Waals surface area contributed by atoms with Crippen LogP contribution in [0.15, 0.2) is 16.7 Å². The molecule has 6 heteroatoms. The highest BCUT2D eigenvalue weighted by atomic mass is 35.5. The van der Waals surface area contributed by atoms with Gasteiger partial charge in [0.25, 0.3) is 0 Å². The third-order valence-corrected chi connectivity index (χ3v) is 5.68. The van der Waals surface area contributed by atoms with Crippen LogP contribution in [0.25, 0.3) is 11.0 Å². The summed E-state index contributed by atoms with van der Waals surface area (Å²) in [5.74, 6) is 0.773. The van der Waals surface area contributed by atoms with Gasteiger partial charge >= 0.3 is 0 Å². The number of fused-ring (bicyclic) bond motifs is 4. The van der Waals surface area contributed by atoms with Gasteiger partial charge < -0.3 is 9.84 Å². The molecule has 0 spiro atoms. The first-order chi connectivity index (χ1) is 10.5. The summed E-state index contributed by atoms with van der Waals surface area (Å²) in [6.45, 7) is 6.82. The molecular weight excluding hydrogens is 305 g/mol. The van der Waals surface area contributed by atoms with Crippen molar-refractivity contribution in [3.05, 3.63) is 23.0 Å². The lowest BCUT2D eigenvalue weighted by atomic mass is 9.72. The van der Waals surface area contributed by atoms with Crippen LogP contribution < -0.4 is 5.32 Å². The Morgan fingerprint density at radius 2 is 2.09 bits per heavy atom. The smallest absolute Gasteiger partial charge is 0.177 e. The Hall–Kier alpha value is -1.33. The van der Waals surface area contributed by atoms with Gasteiger partial charge in [0.2, 0.25) is 0 Å². The van der Waals surface area contributed by atoms with Crippen LogP contribution in [-0.2, 0) is 0 Å². The topological polar surface area (TPSA) is 41.3 Å². The van der Waals surface area contributed by atoms with Crippen molar-refractivity contribution >= 4 is 28.4 Å². The monoisotopic (exact) mass is 323 g/mol. The standard InChI is InChI=1S/C16H19ClFN3O/c1-16(2)14(9-3-5-21(16)6-4-9)19-15-10-7-12(18)11(17)8-13(10)22-20-15/h7-9,14H,3-6H2,1-2H3,(H,19,20)/t14-/m0/s1. The summed E-state index contributed by atoms with van der Waals surface area (Å²) >= 11 is 5.80. The Morgan fingerprint density at radius 1 is 1.36 bits per heavy atom. The van der Waals surface area contributed by atoms with Crippen LogP contribution in [-0.4, -0.2) is 34.7 Å². The van der Waals surface area contributed by atoms with Gasteiger partial charge in [0.05, 0.1) is 10.4 Å². The number of piperidine rings is 3. The summed E-state index contributed by atoms with van der Waals surface area (Å²) in [4.78, 5) is 2.52. The molecule has 0 saturated carbocycles. The zero-order valence-corrected chi connectivity index (χ0v) is 13.5. The fourth-order valence-corrected chi connectivity index (χ4v) is 4.22. The van der Waals surface area contributed by atoms with Crippen LogP contribution in [0.4, 0.5) is 10.2 Å². The molecule has 0 amide bonds. The molecule has 5 rings (SSSR count). The molecule has 0 radical (unpaired) electrons. The molecular formula is C16H19ClFN3O. The van der Waals surface area contributed by atoms with E-state index in [-0.39, 0.29) is 16.6 Å². The molecule has 22 heavy (non-hydrogen) atoms. The van der Waals surface area contributed by atoms with Gasteiger partial charge in [-0.15, -0.1) is 0 Å². The molecule has 2 aromatic rings. The zero-order valence-electron chi connectivity index (χ0n) is 12.7. The van der Waals surface area contributed by atoms with Gasteiger partial charge in [0.1, 0.15) is 5.82 Å². The molecule has 1 atom stereocenters. The second kappa shape index (κ2) is 4.83. The molecule has 0 unspecified atom stereocenters. The highest BCUT2D eigenvalue weighted by Crippen LogP contribution is 2.41. The minimum atomic E-state index is -0.450. The fourth-order valence-electron chi connectivity index (χ4n) is 4.06. The van der Waals surface area contributed by atoms with Crippen LogP contribution in [0.2, 0.25) is 5.02 Å². The predicted octanol–water partition coefficient (Wildman–Crippen LogP) is 3.91. The van der Waals surface area contributed by atoms with E-state index < -0.39 is 5.82 Å². The van der Waals surface area contributed by atoms with Crippen molar-refractivity contribution in [3.63, 3.8) is 0 Å². The van der Waals surface area contributed by atoms with Crippen molar-refractivity contribution in [1.29, 1.82) is 0 Å². The van der Waals surface area contributed by atoms with E-state index in [2.05, 4.69) is 29.2 Å². The SMILES string of the molecule is CC1(C)[C@@H](Nc2noc3cc(Cl)c(F)cc23)C2CCN1CC2. The van der Waals surface area contributed by atoms with Crippen molar-refractivity contribution in [2.75, 3.05) is 18.4 Å². The fraction of sp³-hybridized carbons (Fsp3) is 0.562. The van der Waals surface area contributed by atoms with Gasteiger partial charge in [-0.25, -0.2) is 4.39 Å². The average molecular weight is 324 g/mol. The Balaban J connectivity index is 1.70. The number of benzene rings is 1. The molecule has 1 N–H and O–H groups in total. The van der Waals surface area contributed by atoms with Gasteiger partial charge in [0.15, 0.2) is 11.4 Å². The van der Waals surface area contributed by atoms with Crippen molar-refractivity contribution < 1.29 is 8.91 Å². The quantitative estimate of drug-likeness (QED) is 0.910. The van der Waals surface area contributed by atoms with Crippen molar-refractivity contribution in [1.82, 2.24) is 10.1 Å². The lowest BCUT2D eigenvalue weighted by Gasteiger charge is -2.56. The molecule has 3 aliphatic heterocycles. The first kappa shape index (κ1) is 14.3. The molecule has 1 aromatic heterocycles. The molecule has 3 saturated heterocycles. The van der Waals surface area contributed by atoms with E-state index in [0.29, 0.717) is 22.7 Å². The lowest BCUT2D eigenvalue weighted by molar-refractivity contribution is -0.0189. The van der Waals surface area contributed by atoms with E-state index in [9.17, 15) is 4.39 Å². The maximum atomic E-state index is 13.7. The Morgan fingerprint density at radius 3 is 2.77 bits per heavy atom. The molecule has 4 heterocycles. The van der Waals surface area contributed by atoms with Crippen LogP contribution in [0.1, 0.15) is 26.7 Å². The summed E-state index contributed by atoms with van der Waals surface area (Å²) < 4.78 is 19.0. The summed E-state index contributed by atoms with van der Waals surface area (Å²) in [5.41, 5.74) is 0.560. The van der Waals surface area contributed by atoms with Gasteiger partial charge in [0, 0.05) is 17.6 Å². The number of nitrogens with zero attached hydrogens (tertiary/aromatic N) is 2. The second-order valence-corrected chi connectivity index (χ2v) is 7.30. The molecule has 118 valence electrons. The maximum absolute atomic E-state index is 13.7. The second-order valence-electron chi connectivity index (χ2n) is 6.89. The Kier molecular flexibility index (Phi) is 3.13. The van der Waals surface area contributed by atoms with Crippen LogP contribution in [0.5, 0.6) is 0 Å². The minimum absolute atomic E-state index is 0.0530. The zero-order chi connectivity index (χ0) is 15.5. The van der Waals surface area contributed by atoms with Gasteiger partial charge in [-0.1, -0.05) is 16.8 Å². The van der Waals surface area contributed by atoms with E-state index in [1.54, 1.807) is 0 Å². The van der Waals surface area contributed by atoms with Crippen molar-refractivity contribution in [3.8, 4) is 0 Å². The molecule has 3 fully saturated rings. The number of aromatic nitrogens is 1. The van der Waals surface area contributed by atoms with E-state index >= 15 is 0 Å². The number of rotatable bonds is 2. The van der Waals surface area contributed by atoms with E-state index in [1.165, 1.54) is 25.0 Å². The van der Waals surface area contributed by atoms with E-state index in [1.807, 2.05) is 0 Å². The highest BCUT2D eigenvalue weighted by Gasteiger charge is 2.47. The molecule has 3 aliphatic rings. The summed E-state index contributed by atoms with van der Waals surface area (Å²) in [5, 5.41) is 8.31. The third kappa shape index (κ3) is 2.02.